The molecule has 0 aliphatic carbocycles. The second-order valence-electron chi connectivity index (χ2n) is 8.68. The molecule has 0 aliphatic heterocycles. The van der Waals surface area contributed by atoms with Gasteiger partial charge in [-0.25, -0.2) is 0 Å². The number of hydrogen-bond donors (Lipinski definition) is 0. The van der Waals surface area contributed by atoms with Crippen molar-refractivity contribution in [1.29, 1.82) is 0 Å². The third-order valence-electron chi connectivity index (χ3n) is 5.57. The lowest BCUT2D eigenvalue weighted by Gasteiger charge is -2.14. The molecule has 4 aromatic rings. The van der Waals surface area contributed by atoms with Gasteiger partial charge >= 0.3 is 0 Å². The molecule has 0 fully saturated rings. The fourth-order valence-electron chi connectivity index (χ4n) is 3.64. The van der Waals surface area contributed by atoms with Crippen molar-refractivity contribution in [3.63, 3.8) is 0 Å². The Hall–Kier alpha value is -3.52. The highest BCUT2D eigenvalue weighted by atomic mass is 16.5. The Balaban J connectivity index is 1.59. The van der Waals surface area contributed by atoms with Gasteiger partial charge < -0.3 is 9.47 Å². The zero-order valence-corrected chi connectivity index (χ0v) is 19.2. The fraction of sp³-hybridized carbons (Fsp3) is 0.200. The van der Waals surface area contributed by atoms with E-state index < -0.39 is 0 Å². The first-order chi connectivity index (χ1) is 15.5. The van der Waals surface area contributed by atoms with Crippen molar-refractivity contribution in [3.8, 4) is 34.1 Å². The summed E-state index contributed by atoms with van der Waals surface area (Å²) in [6, 6.07) is 32.9. The summed E-state index contributed by atoms with van der Waals surface area (Å²) in [6.45, 7) is 8.76. The molecule has 0 aromatic heterocycles. The summed E-state index contributed by atoms with van der Waals surface area (Å²) >= 11 is 0. The molecule has 0 unspecified atom stereocenters. The molecule has 2 heteroatoms. The van der Waals surface area contributed by atoms with E-state index in [4.69, 9.17) is 9.47 Å². The van der Waals surface area contributed by atoms with Crippen molar-refractivity contribution >= 4 is 0 Å². The number of rotatable bonds is 7. The SMILES string of the molecule is CC(C)c1ccc(Oc2ccccc2-c2cccc(Oc3cccc(C(C)C)c3)c2)cc1. The van der Waals surface area contributed by atoms with Crippen LogP contribution in [-0.4, -0.2) is 0 Å². The van der Waals surface area contributed by atoms with Gasteiger partial charge in [-0.2, -0.15) is 0 Å². The highest BCUT2D eigenvalue weighted by Crippen LogP contribution is 2.36. The van der Waals surface area contributed by atoms with Gasteiger partial charge in [0.05, 0.1) is 0 Å². The van der Waals surface area contributed by atoms with Crippen molar-refractivity contribution in [3.05, 3.63) is 108 Å². The van der Waals surface area contributed by atoms with E-state index in [1.165, 1.54) is 11.1 Å². The van der Waals surface area contributed by atoms with E-state index in [0.717, 1.165) is 34.1 Å². The van der Waals surface area contributed by atoms with Crippen molar-refractivity contribution < 1.29 is 9.47 Å². The van der Waals surface area contributed by atoms with Crippen LogP contribution >= 0.6 is 0 Å². The molecule has 0 aliphatic rings. The maximum absolute atomic E-state index is 6.26. The Morgan fingerprint density at radius 3 is 1.88 bits per heavy atom. The largest absolute Gasteiger partial charge is 0.457 e. The topological polar surface area (TPSA) is 18.5 Å². The number of ether oxygens (including phenoxy) is 2. The van der Waals surface area contributed by atoms with Gasteiger partial charge in [-0.3, -0.25) is 0 Å². The van der Waals surface area contributed by atoms with Crippen LogP contribution < -0.4 is 9.47 Å². The third-order valence-corrected chi connectivity index (χ3v) is 5.57. The van der Waals surface area contributed by atoms with Gasteiger partial charge in [0.15, 0.2) is 0 Å². The first kappa shape index (κ1) is 21.7. The molecule has 0 bridgehead atoms. The summed E-state index contributed by atoms with van der Waals surface area (Å²) in [5, 5.41) is 0. The standard InChI is InChI=1S/C30H30O2/c1-21(2)23-15-17-26(18-16-23)32-30-14-6-5-13-29(30)25-10-8-12-28(20-25)31-27-11-7-9-24(19-27)22(3)4/h5-22H,1-4H3. The van der Waals surface area contributed by atoms with Gasteiger partial charge in [0, 0.05) is 5.56 Å². The molecule has 0 saturated heterocycles. The smallest absolute Gasteiger partial charge is 0.135 e. The highest BCUT2D eigenvalue weighted by Gasteiger charge is 2.10. The first-order valence-corrected chi connectivity index (χ1v) is 11.2. The number of hydrogen-bond acceptors (Lipinski definition) is 2. The minimum absolute atomic E-state index is 0.462. The third kappa shape index (κ3) is 5.20. The van der Waals surface area contributed by atoms with Gasteiger partial charge in [0.2, 0.25) is 0 Å². The predicted octanol–water partition coefficient (Wildman–Crippen LogP) is 9.18. The van der Waals surface area contributed by atoms with E-state index in [0.29, 0.717) is 11.8 Å². The van der Waals surface area contributed by atoms with Gasteiger partial charge in [-0.1, -0.05) is 82.3 Å². The summed E-state index contributed by atoms with van der Waals surface area (Å²) < 4.78 is 12.4. The number of para-hydroxylation sites is 1. The van der Waals surface area contributed by atoms with Crippen LogP contribution in [0.3, 0.4) is 0 Å². The van der Waals surface area contributed by atoms with Crippen LogP contribution in [-0.2, 0) is 0 Å². The molecule has 162 valence electrons. The second kappa shape index (κ2) is 9.74. The van der Waals surface area contributed by atoms with Crippen molar-refractivity contribution in [2.24, 2.45) is 0 Å². The summed E-state index contributed by atoms with van der Waals surface area (Å²) in [5.41, 5.74) is 4.65. The normalized spacial score (nSPS) is 11.1. The molecule has 4 aromatic carbocycles. The monoisotopic (exact) mass is 422 g/mol. The lowest BCUT2D eigenvalue weighted by molar-refractivity contribution is 0.480. The molecule has 0 amide bonds. The Morgan fingerprint density at radius 2 is 1.16 bits per heavy atom. The Morgan fingerprint density at radius 1 is 0.500 bits per heavy atom. The maximum atomic E-state index is 6.26. The van der Waals surface area contributed by atoms with Gasteiger partial charge in [0.1, 0.15) is 23.0 Å². The Labute approximate surface area is 191 Å². The summed E-state index contributed by atoms with van der Waals surface area (Å²) in [5.74, 6) is 4.27. The highest BCUT2D eigenvalue weighted by molar-refractivity contribution is 5.72. The molecule has 4 rings (SSSR count). The first-order valence-electron chi connectivity index (χ1n) is 11.2. The average Bonchev–Trinajstić information content (AvgIpc) is 2.80. The van der Waals surface area contributed by atoms with Gasteiger partial charge in [-0.15, -0.1) is 0 Å². The molecule has 0 radical (unpaired) electrons. The molecule has 0 atom stereocenters. The van der Waals surface area contributed by atoms with Crippen LogP contribution in [0.2, 0.25) is 0 Å². The van der Waals surface area contributed by atoms with Gasteiger partial charge in [-0.05, 0) is 71.0 Å². The Kier molecular flexibility index (Phi) is 6.61. The summed E-state index contributed by atoms with van der Waals surface area (Å²) in [6.07, 6.45) is 0. The minimum Gasteiger partial charge on any atom is -0.457 e. The Bertz CT molecular complexity index is 1170. The van der Waals surface area contributed by atoms with Crippen LogP contribution in [0.15, 0.2) is 97.1 Å². The average molecular weight is 423 g/mol. The van der Waals surface area contributed by atoms with Crippen LogP contribution in [0, 0.1) is 0 Å². The molecule has 0 spiro atoms. The fourth-order valence-corrected chi connectivity index (χ4v) is 3.64. The van der Waals surface area contributed by atoms with Crippen molar-refractivity contribution in [1.82, 2.24) is 0 Å². The number of benzene rings is 4. The maximum Gasteiger partial charge on any atom is 0.135 e. The lowest BCUT2D eigenvalue weighted by atomic mass is 10.0. The van der Waals surface area contributed by atoms with Crippen LogP contribution in [0.1, 0.15) is 50.7 Å². The molecule has 0 N–H and O–H groups in total. The van der Waals surface area contributed by atoms with E-state index in [-0.39, 0.29) is 0 Å². The molecule has 0 saturated carbocycles. The van der Waals surface area contributed by atoms with Crippen LogP contribution in [0.25, 0.3) is 11.1 Å². The zero-order valence-electron chi connectivity index (χ0n) is 19.2. The van der Waals surface area contributed by atoms with Crippen LogP contribution in [0.5, 0.6) is 23.0 Å². The molecule has 2 nitrogen and oxygen atoms in total. The predicted molar refractivity (Wildman–Crippen MR) is 133 cm³/mol. The van der Waals surface area contributed by atoms with Crippen LogP contribution in [0.4, 0.5) is 0 Å². The zero-order chi connectivity index (χ0) is 22.5. The molecule has 0 heterocycles. The lowest BCUT2D eigenvalue weighted by Crippen LogP contribution is -1.91. The van der Waals surface area contributed by atoms with E-state index in [9.17, 15) is 0 Å². The molecular formula is C30H30O2. The van der Waals surface area contributed by atoms with E-state index in [2.05, 4.69) is 70.2 Å². The van der Waals surface area contributed by atoms with Crippen molar-refractivity contribution in [2.45, 2.75) is 39.5 Å². The minimum atomic E-state index is 0.462. The van der Waals surface area contributed by atoms with E-state index in [1.807, 2.05) is 54.6 Å². The van der Waals surface area contributed by atoms with E-state index >= 15 is 0 Å². The van der Waals surface area contributed by atoms with Crippen molar-refractivity contribution in [2.75, 3.05) is 0 Å². The summed E-state index contributed by atoms with van der Waals surface area (Å²) in [7, 11) is 0. The second-order valence-corrected chi connectivity index (χ2v) is 8.68. The molecular weight excluding hydrogens is 392 g/mol. The molecule has 32 heavy (non-hydrogen) atoms. The van der Waals surface area contributed by atoms with Gasteiger partial charge in [0.25, 0.3) is 0 Å². The summed E-state index contributed by atoms with van der Waals surface area (Å²) in [4.78, 5) is 0. The van der Waals surface area contributed by atoms with E-state index in [1.54, 1.807) is 0 Å². The quantitative estimate of drug-likeness (QED) is 0.295.